The van der Waals surface area contributed by atoms with Crippen molar-refractivity contribution in [3.05, 3.63) is 0 Å². The van der Waals surface area contributed by atoms with Gasteiger partial charge in [0.05, 0.1) is 0 Å². The van der Waals surface area contributed by atoms with Crippen molar-refractivity contribution in [1.29, 1.82) is 0 Å². The van der Waals surface area contributed by atoms with E-state index in [4.69, 9.17) is 0 Å². The zero-order chi connectivity index (χ0) is 15.4. The maximum atomic E-state index is 12.5. The van der Waals surface area contributed by atoms with Crippen molar-refractivity contribution in [3.63, 3.8) is 0 Å². The van der Waals surface area contributed by atoms with Crippen LogP contribution in [0.5, 0.6) is 0 Å². The van der Waals surface area contributed by atoms with E-state index in [0.29, 0.717) is 12.3 Å². The van der Waals surface area contributed by atoms with Gasteiger partial charge in [0, 0.05) is 25.9 Å². The van der Waals surface area contributed by atoms with E-state index in [1.165, 1.54) is 13.3 Å². The molecule has 0 aromatic rings. The first-order valence-corrected chi connectivity index (χ1v) is 7.79. The predicted molar refractivity (Wildman–Crippen MR) is 76.6 cm³/mol. The van der Waals surface area contributed by atoms with Crippen LogP contribution in [-0.2, 0) is 14.4 Å². The molecule has 2 amide bonds. The number of hydrogen-bond donors (Lipinski definition) is 2. The molecule has 2 aliphatic rings. The van der Waals surface area contributed by atoms with Crippen LogP contribution in [0.4, 0.5) is 0 Å². The Balaban J connectivity index is 2.06. The van der Waals surface area contributed by atoms with Gasteiger partial charge >= 0.3 is 5.97 Å². The summed E-state index contributed by atoms with van der Waals surface area (Å²) in [4.78, 5) is 36.4. The summed E-state index contributed by atoms with van der Waals surface area (Å²) in [5.41, 5.74) is 0. The lowest BCUT2D eigenvalue weighted by atomic mass is 9.76. The number of aliphatic carboxylic acids is 1. The van der Waals surface area contributed by atoms with Gasteiger partial charge in [-0.2, -0.15) is 0 Å². The average molecular weight is 296 g/mol. The highest BCUT2D eigenvalue weighted by molar-refractivity contribution is 5.84. The number of carbonyl (C=O) groups is 3. The molecule has 1 aliphatic carbocycles. The van der Waals surface area contributed by atoms with Gasteiger partial charge in [-0.15, -0.1) is 0 Å². The number of carboxylic acids is 1. The number of piperidine rings is 1. The molecule has 1 saturated heterocycles. The van der Waals surface area contributed by atoms with E-state index in [0.717, 1.165) is 25.7 Å². The number of likely N-dealkylation sites (tertiary alicyclic amines) is 1. The van der Waals surface area contributed by atoms with Crippen LogP contribution in [0.15, 0.2) is 0 Å². The molecule has 0 aromatic heterocycles. The van der Waals surface area contributed by atoms with E-state index in [9.17, 15) is 19.5 Å². The summed E-state index contributed by atoms with van der Waals surface area (Å²) in [5, 5.41) is 12.0. The van der Waals surface area contributed by atoms with Crippen LogP contribution in [0.2, 0.25) is 0 Å². The molecule has 6 nitrogen and oxygen atoms in total. The highest BCUT2D eigenvalue weighted by Gasteiger charge is 2.43. The number of carbonyl (C=O) groups excluding carboxylic acids is 2. The van der Waals surface area contributed by atoms with Gasteiger partial charge in [-0.3, -0.25) is 9.59 Å². The highest BCUT2D eigenvalue weighted by Crippen LogP contribution is 2.38. The molecule has 21 heavy (non-hydrogen) atoms. The molecule has 2 rings (SSSR count). The third-order valence-electron chi connectivity index (χ3n) is 4.66. The van der Waals surface area contributed by atoms with Gasteiger partial charge in [0.1, 0.15) is 6.04 Å². The van der Waals surface area contributed by atoms with Crippen LogP contribution >= 0.6 is 0 Å². The number of amides is 2. The number of fused-ring (bicyclic) bond motifs is 1. The fourth-order valence-electron chi connectivity index (χ4n) is 3.71. The van der Waals surface area contributed by atoms with E-state index in [1.807, 2.05) is 0 Å². The van der Waals surface area contributed by atoms with Crippen molar-refractivity contribution in [2.75, 3.05) is 6.54 Å². The fraction of sp³-hybridized carbons (Fsp3) is 0.800. The highest BCUT2D eigenvalue weighted by atomic mass is 16.4. The zero-order valence-electron chi connectivity index (χ0n) is 12.5. The third-order valence-corrected chi connectivity index (χ3v) is 4.66. The number of hydrogen-bond acceptors (Lipinski definition) is 3. The van der Waals surface area contributed by atoms with E-state index >= 15 is 0 Å². The monoisotopic (exact) mass is 296 g/mol. The van der Waals surface area contributed by atoms with E-state index in [-0.39, 0.29) is 30.8 Å². The second-order valence-electron chi connectivity index (χ2n) is 6.08. The van der Waals surface area contributed by atoms with Gasteiger partial charge < -0.3 is 15.3 Å². The predicted octanol–water partition coefficient (Wildman–Crippen LogP) is 1.15. The molecule has 1 aliphatic heterocycles. The molecule has 2 fully saturated rings. The van der Waals surface area contributed by atoms with Gasteiger partial charge in [-0.1, -0.05) is 12.8 Å². The summed E-state index contributed by atoms with van der Waals surface area (Å²) in [6.07, 6.45) is 5.84. The average Bonchev–Trinajstić information content (AvgIpc) is 2.45. The maximum Gasteiger partial charge on any atom is 0.326 e. The molecule has 3 unspecified atom stereocenters. The van der Waals surface area contributed by atoms with E-state index < -0.39 is 12.0 Å². The molecule has 0 radical (unpaired) electrons. The number of nitrogens with zero attached hydrogens (tertiary/aromatic N) is 1. The van der Waals surface area contributed by atoms with E-state index in [2.05, 4.69) is 5.32 Å². The Labute approximate surface area is 124 Å². The molecule has 118 valence electrons. The van der Waals surface area contributed by atoms with Gasteiger partial charge in [0.2, 0.25) is 11.8 Å². The number of nitrogens with one attached hydrogen (secondary N) is 1. The Morgan fingerprint density at radius 2 is 1.86 bits per heavy atom. The minimum absolute atomic E-state index is 0.0680. The van der Waals surface area contributed by atoms with E-state index in [1.54, 1.807) is 4.90 Å². The smallest absolute Gasteiger partial charge is 0.326 e. The molecule has 6 heteroatoms. The lowest BCUT2D eigenvalue weighted by Gasteiger charge is -2.47. The van der Waals surface area contributed by atoms with Crippen molar-refractivity contribution in [2.45, 2.75) is 64.0 Å². The number of rotatable bonds is 4. The normalized spacial score (nSPS) is 28.6. The van der Waals surface area contributed by atoms with Crippen LogP contribution < -0.4 is 5.32 Å². The van der Waals surface area contributed by atoms with Crippen molar-refractivity contribution in [1.82, 2.24) is 10.2 Å². The summed E-state index contributed by atoms with van der Waals surface area (Å²) < 4.78 is 0. The minimum Gasteiger partial charge on any atom is -0.480 e. The number of carboxylic acid groups (broad SMARTS) is 1. The van der Waals surface area contributed by atoms with Crippen LogP contribution in [0.3, 0.4) is 0 Å². The topological polar surface area (TPSA) is 86.7 Å². The Hall–Kier alpha value is -1.59. The summed E-state index contributed by atoms with van der Waals surface area (Å²) in [6, 6.07) is -0.632. The molecule has 1 heterocycles. The second kappa shape index (κ2) is 6.91. The molecule has 1 saturated carbocycles. The Morgan fingerprint density at radius 3 is 2.52 bits per heavy atom. The minimum atomic E-state index is -0.910. The summed E-state index contributed by atoms with van der Waals surface area (Å²) in [7, 11) is 0. The van der Waals surface area contributed by atoms with Gasteiger partial charge in [0.25, 0.3) is 0 Å². The van der Waals surface area contributed by atoms with Crippen molar-refractivity contribution >= 4 is 17.8 Å². The lowest BCUT2D eigenvalue weighted by Crippen LogP contribution is -2.57. The van der Waals surface area contributed by atoms with Crippen LogP contribution in [0, 0.1) is 5.92 Å². The van der Waals surface area contributed by atoms with Gasteiger partial charge in [-0.05, 0) is 31.6 Å². The largest absolute Gasteiger partial charge is 0.480 e. The second-order valence-corrected chi connectivity index (χ2v) is 6.08. The maximum absolute atomic E-state index is 12.5. The zero-order valence-corrected chi connectivity index (χ0v) is 12.5. The van der Waals surface area contributed by atoms with Gasteiger partial charge in [0.15, 0.2) is 0 Å². The van der Waals surface area contributed by atoms with Crippen molar-refractivity contribution in [2.24, 2.45) is 5.92 Å². The van der Waals surface area contributed by atoms with Crippen LogP contribution in [0.25, 0.3) is 0 Å². The van der Waals surface area contributed by atoms with Crippen LogP contribution in [0.1, 0.15) is 51.9 Å². The first kappa shape index (κ1) is 15.8. The molecule has 2 N–H and O–H groups in total. The standard InChI is InChI=1S/C15H24N2O4/c1-10(18)16-9-8-14(19)17-12-5-3-2-4-11(12)6-7-13(17)15(20)21/h11-13H,2-9H2,1H3,(H,16,18)(H,20,21). The summed E-state index contributed by atoms with van der Waals surface area (Å²) >= 11 is 0. The molecule has 0 bridgehead atoms. The first-order valence-electron chi connectivity index (χ1n) is 7.79. The molecule has 0 aromatic carbocycles. The van der Waals surface area contributed by atoms with Crippen LogP contribution in [-0.4, -0.2) is 46.4 Å². The SMILES string of the molecule is CC(=O)NCCC(=O)N1C(C(=O)O)CCC2CCCCC21. The third kappa shape index (κ3) is 3.74. The molecular formula is C15H24N2O4. The Kier molecular flexibility index (Phi) is 5.20. The van der Waals surface area contributed by atoms with Gasteiger partial charge in [-0.25, -0.2) is 4.79 Å². The molecule has 3 atom stereocenters. The first-order chi connectivity index (χ1) is 10.0. The Morgan fingerprint density at radius 1 is 1.14 bits per heavy atom. The fourth-order valence-corrected chi connectivity index (χ4v) is 3.71. The quantitative estimate of drug-likeness (QED) is 0.814. The molecular weight excluding hydrogens is 272 g/mol. The van der Waals surface area contributed by atoms with Crippen molar-refractivity contribution < 1.29 is 19.5 Å². The summed E-state index contributed by atoms with van der Waals surface area (Å²) in [5.74, 6) is -0.787. The molecule has 0 spiro atoms. The Bertz CT molecular complexity index is 424. The van der Waals surface area contributed by atoms with Crippen molar-refractivity contribution in [3.8, 4) is 0 Å². The summed E-state index contributed by atoms with van der Waals surface area (Å²) in [6.45, 7) is 1.68. The lowest BCUT2D eigenvalue weighted by molar-refractivity contribution is -0.158.